The highest BCUT2D eigenvalue weighted by Gasteiger charge is 2.08. The molecule has 0 spiro atoms. The summed E-state index contributed by atoms with van der Waals surface area (Å²) in [6.07, 6.45) is 3.91. The molecule has 0 radical (unpaired) electrons. The molecule has 2 aromatic carbocycles. The van der Waals surface area contributed by atoms with Crippen molar-refractivity contribution in [3.05, 3.63) is 59.7 Å². The van der Waals surface area contributed by atoms with E-state index in [2.05, 4.69) is 5.32 Å². The summed E-state index contributed by atoms with van der Waals surface area (Å²) in [5.41, 5.74) is 2.00. The van der Waals surface area contributed by atoms with E-state index in [1.807, 2.05) is 55.5 Å². The van der Waals surface area contributed by atoms with Crippen molar-refractivity contribution in [1.82, 2.24) is 5.32 Å². The normalized spacial score (nSPS) is 10.5. The van der Waals surface area contributed by atoms with Crippen LogP contribution in [0.5, 0.6) is 17.2 Å². The first kappa shape index (κ1) is 18.4. The monoisotopic (exact) mass is 341 g/mol. The maximum Gasteiger partial charge on any atom is 0.258 e. The van der Waals surface area contributed by atoms with Gasteiger partial charge in [0, 0.05) is 6.54 Å². The Labute approximate surface area is 148 Å². The van der Waals surface area contributed by atoms with Crippen molar-refractivity contribution in [2.75, 3.05) is 20.8 Å². The van der Waals surface area contributed by atoms with E-state index in [1.54, 1.807) is 20.3 Å². The van der Waals surface area contributed by atoms with Gasteiger partial charge in [0.15, 0.2) is 18.1 Å². The second-order valence-corrected chi connectivity index (χ2v) is 5.32. The van der Waals surface area contributed by atoms with Gasteiger partial charge >= 0.3 is 0 Å². The predicted octanol–water partition coefficient (Wildman–Crippen LogP) is 3.43. The number of benzene rings is 2. The van der Waals surface area contributed by atoms with Gasteiger partial charge in [-0.05, 0) is 42.3 Å². The van der Waals surface area contributed by atoms with Crippen LogP contribution in [0.1, 0.15) is 18.1 Å². The highest BCUT2D eigenvalue weighted by molar-refractivity contribution is 5.77. The molecule has 2 aromatic rings. The van der Waals surface area contributed by atoms with Crippen molar-refractivity contribution >= 4 is 12.0 Å². The van der Waals surface area contributed by atoms with E-state index in [1.165, 1.54) is 0 Å². The standard InChI is InChI=1S/C20H23NO4/c1-4-5-15-8-11-18(19(12-15)24-3)25-14-20(22)21-13-16-6-9-17(23-2)10-7-16/h4-12H,13-14H2,1-3H3,(H,21,22)/b5-4+. The van der Waals surface area contributed by atoms with E-state index < -0.39 is 0 Å². The van der Waals surface area contributed by atoms with Crippen LogP contribution in [0.3, 0.4) is 0 Å². The first-order valence-corrected chi connectivity index (χ1v) is 7.99. The summed E-state index contributed by atoms with van der Waals surface area (Å²) in [6.45, 7) is 2.31. The van der Waals surface area contributed by atoms with Crippen LogP contribution in [0, 0.1) is 0 Å². The summed E-state index contributed by atoms with van der Waals surface area (Å²) in [5.74, 6) is 1.72. The zero-order valence-electron chi connectivity index (χ0n) is 14.7. The number of hydrogen-bond acceptors (Lipinski definition) is 4. The Hall–Kier alpha value is -2.95. The van der Waals surface area contributed by atoms with Crippen molar-refractivity contribution in [2.45, 2.75) is 13.5 Å². The lowest BCUT2D eigenvalue weighted by molar-refractivity contribution is -0.123. The first-order valence-electron chi connectivity index (χ1n) is 7.99. The van der Waals surface area contributed by atoms with Crippen LogP contribution in [-0.2, 0) is 11.3 Å². The van der Waals surface area contributed by atoms with Crippen molar-refractivity contribution in [3.8, 4) is 17.2 Å². The summed E-state index contributed by atoms with van der Waals surface area (Å²) in [4.78, 5) is 12.0. The average Bonchev–Trinajstić information content (AvgIpc) is 2.65. The molecule has 0 atom stereocenters. The molecule has 0 bridgehead atoms. The molecule has 0 saturated heterocycles. The third kappa shape index (κ3) is 5.57. The first-order chi connectivity index (χ1) is 12.2. The molecule has 1 N–H and O–H groups in total. The smallest absolute Gasteiger partial charge is 0.258 e. The molecule has 0 heterocycles. The van der Waals surface area contributed by atoms with Crippen LogP contribution in [0.4, 0.5) is 0 Å². The average molecular weight is 341 g/mol. The number of carbonyl (C=O) groups excluding carboxylic acids is 1. The van der Waals surface area contributed by atoms with Gasteiger partial charge in [0.25, 0.3) is 5.91 Å². The minimum absolute atomic E-state index is 0.0739. The van der Waals surface area contributed by atoms with Crippen LogP contribution in [0.25, 0.3) is 6.08 Å². The van der Waals surface area contributed by atoms with E-state index in [0.29, 0.717) is 18.0 Å². The van der Waals surface area contributed by atoms with E-state index in [-0.39, 0.29) is 12.5 Å². The van der Waals surface area contributed by atoms with Crippen LogP contribution in [0.15, 0.2) is 48.5 Å². The molecule has 0 saturated carbocycles. The summed E-state index contributed by atoms with van der Waals surface area (Å²) in [7, 11) is 3.19. The van der Waals surface area contributed by atoms with Gasteiger partial charge in [0.1, 0.15) is 5.75 Å². The predicted molar refractivity (Wildman–Crippen MR) is 98.0 cm³/mol. The third-order valence-corrected chi connectivity index (χ3v) is 3.55. The molecule has 0 fully saturated rings. The maximum absolute atomic E-state index is 12.0. The molecule has 1 amide bonds. The van der Waals surface area contributed by atoms with Crippen LogP contribution in [0.2, 0.25) is 0 Å². The SMILES string of the molecule is C/C=C/c1ccc(OCC(=O)NCc2ccc(OC)cc2)c(OC)c1. The maximum atomic E-state index is 12.0. The zero-order chi connectivity index (χ0) is 18.1. The zero-order valence-corrected chi connectivity index (χ0v) is 14.7. The van der Waals surface area contributed by atoms with Crippen molar-refractivity contribution in [3.63, 3.8) is 0 Å². The molecule has 0 aliphatic carbocycles. The van der Waals surface area contributed by atoms with Gasteiger partial charge in [-0.15, -0.1) is 0 Å². The second-order valence-electron chi connectivity index (χ2n) is 5.32. The molecule has 25 heavy (non-hydrogen) atoms. The lowest BCUT2D eigenvalue weighted by Gasteiger charge is -2.11. The van der Waals surface area contributed by atoms with Gasteiger partial charge < -0.3 is 19.5 Å². The summed E-state index contributed by atoms with van der Waals surface area (Å²) >= 11 is 0. The second kappa shape index (κ2) is 9.37. The van der Waals surface area contributed by atoms with E-state index >= 15 is 0 Å². The number of amides is 1. The van der Waals surface area contributed by atoms with E-state index in [9.17, 15) is 4.79 Å². The van der Waals surface area contributed by atoms with Gasteiger partial charge in [0.05, 0.1) is 14.2 Å². The number of methoxy groups -OCH3 is 2. The molecular formula is C20H23NO4. The molecule has 132 valence electrons. The summed E-state index contributed by atoms with van der Waals surface area (Å²) in [6, 6.07) is 13.1. The van der Waals surface area contributed by atoms with Gasteiger partial charge in [-0.25, -0.2) is 0 Å². The Morgan fingerprint density at radius 2 is 1.80 bits per heavy atom. The largest absolute Gasteiger partial charge is 0.497 e. The van der Waals surface area contributed by atoms with E-state index in [4.69, 9.17) is 14.2 Å². The van der Waals surface area contributed by atoms with E-state index in [0.717, 1.165) is 16.9 Å². The molecule has 5 nitrogen and oxygen atoms in total. The molecule has 5 heteroatoms. The topological polar surface area (TPSA) is 56.8 Å². The van der Waals surface area contributed by atoms with Crippen LogP contribution in [-0.4, -0.2) is 26.7 Å². The third-order valence-electron chi connectivity index (χ3n) is 3.55. The molecule has 0 aromatic heterocycles. The number of rotatable bonds is 8. The van der Waals surface area contributed by atoms with Gasteiger partial charge in [-0.3, -0.25) is 4.79 Å². The minimum Gasteiger partial charge on any atom is -0.497 e. The Bertz CT molecular complexity index is 723. The lowest BCUT2D eigenvalue weighted by Crippen LogP contribution is -2.28. The number of hydrogen-bond donors (Lipinski definition) is 1. The number of carbonyl (C=O) groups is 1. The molecule has 0 aliphatic rings. The summed E-state index contributed by atoms with van der Waals surface area (Å²) in [5, 5.41) is 2.82. The van der Waals surface area contributed by atoms with Crippen molar-refractivity contribution in [2.24, 2.45) is 0 Å². The highest BCUT2D eigenvalue weighted by atomic mass is 16.5. The van der Waals surface area contributed by atoms with Gasteiger partial charge in [0.2, 0.25) is 0 Å². The number of ether oxygens (including phenoxy) is 3. The fourth-order valence-electron chi connectivity index (χ4n) is 2.24. The molecule has 0 unspecified atom stereocenters. The lowest BCUT2D eigenvalue weighted by atomic mass is 10.2. The Morgan fingerprint density at radius 3 is 2.44 bits per heavy atom. The van der Waals surface area contributed by atoms with Crippen LogP contribution >= 0.6 is 0 Å². The highest BCUT2D eigenvalue weighted by Crippen LogP contribution is 2.28. The van der Waals surface area contributed by atoms with Gasteiger partial charge in [-0.2, -0.15) is 0 Å². The molecular weight excluding hydrogens is 318 g/mol. The summed E-state index contributed by atoms with van der Waals surface area (Å²) < 4.78 is 16.0. The number of allylic oxidation sites excluding steroid dienone is 1. The van der Waals surface area contributed by atoms with Crippen molar-refractivity contribution < 1.29 is 19.0 Å². The fraction of sp³-hybridized carbons (Fsp3) is 0.250. The Morgan fingerprint density at radius 1 is 1.04 bits per heavy atom. The van der Waals surface area contributed by atoms with Crippen LogP contribution < -0.4 is 19.5 Å². The quantitative estimate of drug-likeness (QED) is 0.799. The minimum atomic E-state index is -0.199. The molecule has 2 rings (SSSR count). The van der Waals surface area contributed by atoms with Gasteiger partial charge in [-0.1, -0.05) is 30.4 Å². The molecule has 0 aliphatic heterocycles. The number of nitrogens with one attached hydrogen (secondary N) is 1. The Kier molecular flexibility index (Phi) is 6.89. The Balaban J connectivity index is 1.86. The fourth-order valence-corrected chi connectivity index (χ4v) is 2.24. The van der Waals surface area contributed by atoms with Crippen molar-refractivity contribution in [1.29, 1.82) is 0 Å².